The lowest BCUT2D eigenvalue weighted by molar-refractivity contribution is -0.147. The van der Waals surface area contributed by atoms with E-state index in [4.69, 9.17) is 5.11 Å². The summed E-state index contributed by atoms with van der Waals surface area (Å²) < 4.78 is 28.5. The number of carbonyl (C=O) groups is 3. The van der Waals surface area contributed by atoms with Gasteiger partial charge in [-0.2, -0.15) is 0 Å². The molecule has 3 rings (SSSR count). The van der Waals surface area contributed by atoms with Crippen molar-refractivity contribution in [1.29, 1.82) is 0 Å². The highest BCUT2D eigenvalue weighted by Crippen LogP contribution is 2.33. The van der Waals surface area contributed by atoms with Crippen molar-refractivity contribution in [2.75, 3.05) is 6.54 Å². The van der Waals surface area contributed by atoms with E-state index >= 15 is 0 Å². The van der Waals surface area contributed by atoms with E-state index in [0.717, 1.165) is 11.1 Å². The minimum atomic E-state index is -3.32. The number of aliphatic hydroxyl groups excluding tert-OH is 1. The van der Waals surface area contributed by atoms with Gasteiger partial charge in [-0.15, -0.1) is 0 Å². The van der Waals surface area contributed by atoms with Crippen LogP contribution in [0.1, 0.15) is 23.1 Å². The second kappa shape index (κ2) is 10.6. The monoisotopic (exact) mass is 475 g/mol. The van der Waals surface area contributed by atoms with Gasteiger partial charge in [0.15, 0.2) is 6.10 Å². The first-order valence-corrected chi connectivity index (χ1v) is 10.8. The first kappa shape index (κ1) is 25.1. The Hall–Kier alpha value is -3.53. The number of halogens is 2. The van der Waals surface area contributed by atoms with Crippen LogP contribution in [-0.4, -0.2) is 63.7 Å². The van der Waals surface area contributed by atoms with Crippen LogP contribution in [0.4, 0.5) is 13.6 Å². The highest BCUT2D eigenvalue weighted by Gasteiger charge is 2.51. The fourth-order valence-corrected chi connectivity index (χ4v) is 4.00. The number of rotatable bonds is 8. The maximum absolute atomic E-state index is 14.2. The number of amides is 3. The normalized spacial score (nSPS) is 18.7. The van der Waals surface area contributed by atoms with Crippen molar-refractivity contribution in [3.8, 4) is 0 Å². The van der Waals surface area contributed by atoms with E-state index in [-0.39, 0.29) is 13.0 Å². The molecule has 1 fully saturated rings. The Labute approximate surface area is 195 Å². The lowest BCUT2D eigenvalue weighted by Gasteiger charge is -2.29. The van der Waals surface area contributed by atoms with Gasteiger partial charge < -0.3 is 25.7 Å². The molecule has 2 aromatic carbocycles. The molecule has 0 saturated carbocycles. The number of likely N-dealkylation sites (tertiary alicyclic amines) is 1. The summed E-state index contributed by atoms with van der Waals surface area (Å²) >= 11 is 0. The first-order valence-electron chi connectivity index (χ1n) is 10.8. The number of nitrogens with zero attached hydrogens (tertiary/aromatic N) is 1. The van der Waals surface area contributed by atoms with Crippen molar-refractivity contribution in [1.82, 2.24) is 15.5 Å². The largest absolute Gasteiger partial charge is 0.465 e. The van der Waals surface area contributed by atoms with Gasteiger partial charge in [-0.1, -0.05) is 54.6 Å². The fourth-order valence-electron chi connectivity index (χ4n) is 4.00. The Bertz CT molecular complexity index is 1030. The highest BCUT2D eigenvalue weighted by molar-refractivity contribution is 5.90. The number of benzene rings is 2. The van der Waals surface area contributed by atoms with Crippen molar-refractivity contribution in [3.05, 3.63) is 71.3 Å². The van der Waals surface area contributed by atoms with Gasteiger partial charge in [0.25, 0.3) is 11.8 Å². The molecule has 1 aliphatic heterocycles. The van der Waals surface area contributed by atoms with Crippen LogP contribution >= 0.6 is 0 Å². The van der Waals surface area contributed by atoms with Crippen LogP contribution in [0, 0.1) is 6.92 Å². The number of aliphatic hydroxyl groups is 1. The van der Waals surface area contributed by atoms with E-state index in [0.29, 0.717) is 10.5 Å². The molecular weight excluding hydrogens is 448 g/mol. The SMILES string of the molecule is Cc1ccccc1CNC(=O)C1CC(F)(F)CN1C(=O)C(O)C(Cc1ccccc1)NC(=O)O. The van der Waals surface area contributed by atoms with Crippen LogP contribution in [0.3, 0.4) is 0 Å². The van der Waals surface area contributed by atoms with Crippen molar-refractivity contribution < 1.29 is 33.4 Å². The third kappa shape index (κ3) is 6.28. The second-order valence-corrected chi connectivity index (χ2v) is 8.38. The van der Waals surface area contributed by atoms with Gasteiger partial charge in [0.05, 0.1) is 12.6 Å². The average Bonchev–Trinajstić information content (AvgIpc) is 3.13. The highest BCUT2D eigenvalue weighted by atomic mass is 19.3. The Morgan fingerprint density at radius 3 is 2.41 bits per heavy atom. The van der Waals surface area contributed by atoms with Crippen LogP contribution in [0.25, 0.3) is 0 Å². The molecule has 1 saturated heterocycles. The van der Waals surface area contributed by atoms with Crippen molar-refractivity contribution in [2.45, 2.75) is 50.4 Å². The lowest BCUT2D eigenvalue weighted by atomic mass is 10.00. The smallest absolute Gasteiger partial charge is 0.404 e. The summed E-state index contributed by atoms with van der Waals surface area (Å²) in [4.78, 5) is 37.7. The maximum Gasteiger partial charge on any atom is 0.404 e. The van der Waals surface area contributed by atoms with Crippen molar-refractivity contribution >= 4 is 17.9 Å². The predicted molar refractivity (Wildman–Crippen MR) is 119 cm³/mol. The Kier molecular flexibility index (Phi) is 7.83. The van der Waals surface area contributed by atoms with Crippen LogP contribution in [0.15, 0.2) is 54.6 Å². The van der Waals surface area contributed by atoms with Gasteiger partial charge in [0, 0.05) is 13.0 Å². The molecule has 0 radical (unpaired) electrons. The fraction of sp³-hybridized carbons (Fsp3) is 0.375. The molecule has 1 aliphatic rings. The molecule has 0 spiro atoms. The molecule has 0 aromatic heterocycles. The summed E-state index contributed by atoms with van der Waals surface area (Å²) in [5.41, 5.74) is 2.34. The standard InChI is InChI=1S/C24H27F2N3O5/c1-15-7-5-6-10-17(15)13-27-21(31)19-12-24(25,26)14-29(19)22(32)20(30)18(28-23(33)34)11-16-8-3-2-4-9-16/h2-10,18-20,28,30H,11-14H2,1H3,(H,27,31)(H,33,34). The summed E-state index contributed by atoms with van der Waals surface area (Å²) in [6.07, 6.45) is -4.38. The van der Waals surface area contributed by atoms with E-state index in [1.54, 1.807) is 42.5 Å². The number of carbonyl (C=O) groups excluding carboxylic acids is 2. The van der Waals surface area contributed by atoms with Crippen molar-refractivity contribution in [2.24, 2.45) is 0 Å². The van der Waals surface area contributed by atoms with Gasteiger partial charge in [-0.3, -0.25) is 9.59 Å². The number of carboxylic acid groups (broad SMARTS) is 1. The molecule has 10 heteroatoms. The van der Waals surface area contributed by atoms with Gasteiger partial charge in [0.1, 0.15) is 6.04 Å². The molecule has 3 unspecified atom stereocenters. The number of nitrogens with one attached hydrogen (secondary N) is 2. The summed E-state index contributed by atoms with van der Waals surface area (Å²) in [6, 6.07) is 13.0. The zero-order valence-corrected chi connectivity index (χ0v) is 18.6. The van der Waals surface area contributed by atoms with Gasteiger partial charge in [-0.05, 0) is 30.0 Å². The molecule has 3 atom stereocenters. The third-order valence-electron chi connectivity index (χ3n) is 5.81. The van der Waals surface area contributed by atoms with E-state index in [1.165, 1.54) is 0 Å². The number of hydrogen-bond acceptors (Lipinski definition) is 4. The third-order valence-corrected chi connectivity index (χ3v) is 5.81. The molecule has 0 aliphatic carbocycles. The molecule has 8 nitrogen and oxygen atoms in total. The summed E-state index contributed by atoms with van der Waals surface area (Å²) in [5.74, 6) is -5.23. The first-order chi connectivity index (χ1) is 16.1. The topological polar surface area (TPSA) is 119 Å². The van der Waals surface area contributed by atoms with Crippen LogP contribution in [0.5, 0.6) is 0 Å². The average molecular weight is 475 g/mol. The summed E-state index contributed by atoms with van der Waals surface area (Å²) in [6.45, 7) is 0.894. The zero-order chi connectivity index (χ0) is 24.9. The number of aryl methyl sites for hydroxylation is 1. The van der Waals surface area contributed by atoms with Crippen LogP contribution in [-0.2, 0) is 22.6 Å². The second-order valence-electron chi connectivity index (χ2n) is 8.38. The van der Waals surface area contributed by atoms with E-state index in [1.807, 2.05) is 19.1 Å². The zero-order valence-electron chi connectivity index (χ0n) is 18.6. The van der Waals surface area contributed by atoms with Crippen molar-refractivity contribution in [3.63, 3.8) is 0 Å². The van der Waals surface area contributed by atoms with E-state index in [9.17, 15) is 28.3 Å². The number of alkyl halides is 2. The summed E-state index contributed by atoms with van der Waals surface area (Å²) in [7, 11) is 0. The van der Waals surface area contributed by atoms with Crippen LogP contribution in [0.2, 0.25) is 0 Å². The van der Waals surface area contributed by atoms with E-state index < -0.39 is 55.0 Å². The molecule has 0 bridgehead atoms. The minimum Gasteiger partial charge on any atom is -0.465 e. The lowest BCUT2D eigenvalue weighted by Crippen LogP contribution is -2.55. The summed E-state index contributed by atoms with van der Waals surface area (Å²) in [5, 5.41) is 24.5. The Morgan fingerprint density at radius 2 is 1.76 bits per heavy atom. The number of hydrogen-bond donors (Lipinski definition) is 4. The van der Waals surface area contributed by atoms with Gasteiger partial charge in [0.2, 0.25) is 5.91 Å². The van der Waals surface area contributed by atoms with Gasteiger partial charge >= 0.3 is 6.09 Å². The Balaban J connectivity index is 1.75. The quantitative estimate of drug-likeness (QED) is 0.466. The van der Waals surface area contributed by atoms with Crippen LogP contribution < -0.4 is 10.6 Å². The molecule has 34 heavy (non-hydrogen) atoms. The predicted octanol–water partition coefficient (Wildman–Crippen LogP) is 2.09. The van der Waals surface area contributed by atoms with E-state index in [2.05, 4.69) is 10.6 Å². The molecule has 4 N–H and O–H groups in total. The molecule has 1 heterocycles. The molecule has 182 valence electrons. The molecular formula is C24H27F2N3O5. The maximum atomic E-state index is 14.2. The van der Waals surface area contributed by atoms with Gasteiger partial charge in [-0.25, -0.2) is 13.6 Å². The molecule has 3 amide bonds. The molecule has 2 aromatic rings. The Morgan fingerprint density at radius 1 is 1.12 bits per heavy atom. The minimum absolute atomic E-state index is 0.0472.